The van der Waals surface area contributed by atoms with Crippen LogP contribution in [0, 0.1) is 28.1 Å². The number of rotatable bonds is 6. The van der Waals surface area contributed by atoms with E-state index >= 15 is 0 Å². The standard InChI is InChI=1S/C21H25N3O5/c1-4-19(26)28-7-8-29-20(27)17(12-23)15-9-21(2,3)10-18(16(15)11-22)24-6-5-14(25)13-24/h4,14,25H,1,5-10,13H2,2-3H3/b17-15-. The molecule has 8 nitrogen and oxygen atoms in total. The van der Waals surface area contributed by atoms with Gasteiger partial charge in [-0.2, -0.15) is 10.5 Å². The third kappa shape index (κ3) is 5.46. The number of β-amino-alcohol motifs (C(OH)–C–C–N with tert-alkyl or cyclic N) is 1. The molecule has 0 radical (unpaired) electrons. The lowest BCUT2D eigenvalue weighted by Gasteiger charge is -2.37. The number of likely N-dealkylation sites (tertiary alicyclic amines) is 1. The van der Waals surface area contributed by atoms with Crippen LogP contribution in [0.1, 0.15) is 33.1 Å². The van der Waals surface area contributed by atoms with E-state index in [1.807, 2.05) is 24.8 Å². The lowest BCUT2D eigenvalue weighted by atomic mass is 9.72. The molecular formula is C21H25N3O5. The number of ether oxygens (including phenoxy) is 2. The average molecular weight is 399 g/mol. The second-order valence-corrected chi connectivity index (χ2v) is 7.81. The molecule has 1 aliphatic carbocycles. The largest absolute Gasteiger partial charge is 0.459 e. The number of hydrogen-bond acceptors (Lipinski definition) is 8. The number of hydrogen-bond donors (Lipinski definition) is 1. The summed E-state index contributed by atoms with van der Waals surface area (Å²) in [5.41, 5.74) is 0.901. The lowest BCUT2D eigenvalue weighted by Crippen LogP contribution is -2.31. The Balaban J connectivity index is 2.32. The highest BCUT2D eigenvalue weighted by atomic mass is 16.6. The van der Waals surface area contributed by atoms with Gasteiger partial charge < -0.3 is 19.5 Å². The van der Waals surface area contributed by atoms with Crippen LogP contribution in [0.5, 0.6) is 0 Å². The number of carbonyl (C=O) groups excluding carboxylic acids is 2. The molecule has 154 valence electrons. The summed E-state index contributed by atoms with van der Waals surface area (Å²) in [6.07, 6.45) is 2.13. The van der Waals surface area contributed by atoms with Crippen LogP contribution in [0.4, 0.5) is 0 Å². The summed E-state index contributed by atoms with van der Waals surface area (Å²) in [5, 5.41) is 29.3. The van der Waals surface area contributed by atoms with Crippen LogP contribution in [0.2, 0.25) is 0 Å². The molecule has 8 heteroatoms. The van der Waals surface area contributed by atoms with Crippen molar-refractivity contribution in [1.82, 2.24) is 4.90 Å². The fourth-order valence-electron chi connectivity index (χ4n) is 3.59. The number of allylic oxidation sites excluding steroid dienone is 3. The van der Waals surface area contributed by atoms with Gasteiger partial charge in [0.1, 0.15) is 30.9 Å². The summed E-state index contributed by atoms with van der Waals surface area (Å²) in [6.45, 7) is 7.94. The topological polar surface area (TPSA) is 124 Å². The van der Waals surface area contributed by atoms with E-state index in [0.29, 0.717) is 43.5 Å². The van der Waals surface area contributed by atoms with Crippen molar-refractivity contribution in [3.05, 3.63) is 35.1 Å². The van der Waals surface area contributed by atoms with Gasteiger partial charge in [0.25, 0.3) is 0 Å². The van der Waals surface area contributed by atoms with Crippen LogP contribution in [0.3, 0.4) is 0 Å². The summed E-state index contributed by atoms with van der Waals surface area (Å²) < 4.78 is 9.81. The van der Waals surface area contributed by atoms with Gasteiger partial charge in [0.2, 0.25) is 0 Å². The minimum atomic E-state index is -0.858. The smallest absolute Gasteiger partial charge is 0.349 e. The zero-order valence-electron chi connectivity index (χ0n) is 16.7. The number of esters is 2. The Labute approximate surface area is 170 Å². The van der Waals surface area contributed by atoms with Gasteiger partial charge in [-0.25, -0.2) is 9.59 Å². The van der Waals surface area contributed by atoms with Gasteiger partial charge in [-0.3, -0.25) is 0 Å². The van der Waals surface area contributed by atoms with Crippen LogP contribution in [0.25, 0.3) is 0 Å². The highest BCUT2D eigenvalue weighted by molar-refractivity contribution is 5.95. The predicted octanol–water partition coefficient (Wildman–Crippen LogP) is 1.74. The molecule has 1 atom stereocenters. The average Bonchev–Trinajstić information content (AvgIpc) is 3.10. The summed E-state index contributed by atoms with van der Waals surface area (Å²) in [5.74, 6) is -1.50. The second kappa shape index (κ2) is 9.40. The van der Waals surface area contributed by atoms with Gasteiger partial charge >= 0.3 is 11.9 Å². The molecule has 0 bridgehead atoms. The molecule has 29 heavy (non-hydrogen) atoms. The van der Waals surface area contributed by atoms with E-state index in [0.717, 1.165) is 11.8 Å². The van der Waals surface area contributed by atoms with Crippen molar-refractivity contribution >= 4 is 11.9 Å². The predicted molar refractivity (Wildman–Crippen MR) is 103 cm³/mol. The highest BCUT2D eigenvalue weighted by Crippen LogP contribution is 2.44. The zero-order chi connectivity index (χ0) is 21.6. The first-order chi connectivity index (χ1) is 13.7. The van der Waals surface area contributed by atoms with Crippen LogP contribution in [-0.2, 0) is 19.1 Å². The van der Waals surface area contributed by atoms with Gasteiger partial charge in [0.05, 0.1) is 11.7 Å². The summed E-state index contributed by atoms with van der Waals surface area (Å²) in [4.78, 5) is 25.5. The fourth-order valence-corrected chi connectivity index (χ4v) is 3.59. The first-order valence-corrected chi connectivity index (χ1v) is 9.38. The van der Waals surface area contributed by atoms with E-state index in [-0.39, 0.29) is 24.2 Å². The van der Waals surface area contributed by atoms with Crippen LogP contribution in [0.15, 0.2) is 35.1 Å². The third-order valence-corrected chi connectivity index (χ3v) is 4.89. The molecule has 2 aliphatic rings. The van der Waals surface area contributed by atoms with Crippen LogP contribution in [-0.4, -0.2) is 54.4 Å². The van der Waals surface area contributed by atoms with Gasteiger partial charge in [-0.15, -0.1) is 0 Å². The molecule has 0 amide bonds. The van der Waals surface area contributed by atoms with Gasteiger partial charge in [0.15, 0.2) is 0 Å². The molecular weight excluding hydrogens is 374 g/mol. The van der Waals surface area contributed by atoms with E-state index in [1.165, 1.54) is 0 Å². The number of nitrogens with zero attached hydrogens (tertiary/aromatic N) is 3. The Morgan fingerprint density at radius 2 is 2.00 bits per heavy atom. The van der Waals surface area contributed by atoms with Crippen molar-refractivity contribution in [2.24, 2.45) is 5.41 Å². The number of aliphatic hydroxyl groups excluding tert-OH is 1. The molecule has 0 saturated carbocycles. The minimum absolute atomic E-state index is 0.159. The van der Waals surface area contributed by atoms with Crippen LogP contribution >= 0.6 is 0 Å². The molecule has 2 rings (SSSR count). The second-order valence-electron chi connectivity index (χ2n) is 7.81. The van der Waals surface area contributed by atoms with Crippen LogP contribution < -0.4 is 0 Å². The van der Waals surface area contributed by atoms with E-state index in [1.54, 1.807) is 0 Å². The molecule has 1 aliphatic heterocycles. The highest BCUT2D eigenvalue weighted by Gasteiger charge is 2.37. The van der Waals surface area contributed by atoms with Crippen molar-refractivity contribution in [3.8, 4) is 12.1 Å². The first-order valence-electron chi connectivity index (χ1n) is 9.38. The maximum absolute atomic E-state index is 12.5. The molecule has 0 aromatic carbocycles. The molecule has 1 fully saturated rings. The lowest BCUT2D eigenvalue weighted by molar-refractivity contribution is -0.146. The Kier molecular flexibility index (Phi) is 7.19. The molecule has 0 aromatic heterocycles. The van der Waals surface area contributed by atoms with Gasteiger partial charge in [0, 0.05) is 24.9 Å². The number of carbonyl (C=O) groups is 2. The molecule has 0 spiro atoms. The monoisotopic (exact) mass is 399 g/mol. The minimum Gasteiger partial charge on any atom is -0.459 e. The van der Waals surface area contributed by atoms with E-state index in [4.69, 9.17) is 9.47 Å². The van der Waals surface area contributed by atoms with E-state index < -0.39 is 18.0 Å². The van der Waals surface area contributed by atoms with Gasteiger partial charge in [-0.05, 0) is 30.3 Å². The van der Waals surface area contributed by atoms with E-state index in [9.17, 15) is 25.2 Å². The molecule has 0 aromatic rings. The Hall–Kier alpha value is -3.10. The molecule has 1 saturated heterocycles. The first kappa shape index (κ1) is 22.2. The summed E-state index contributed by atoms with van der Waals surface area (Å²) in [7, 11) is 0. The van der Waals surface area contributed by atoms with Crippen molar-refractivity contribution in [2.45, 2.75) is 39.2 Å². The Bertz CT molecular complexity index is 841. The van der Waals surface area contributed by atoms with Crippen molar-refractivity contribution in [3.63, 3.8) is 0 Å². The SMILES string of the molecule is C=CC(=O)OCCOC(=O)/C(C#N)=C1/CC(C)(C)CC(N2CCC(O)C2)=C1C#N. The quantitative estimate of drug-likeness (QED) is 0.310. The maximum atomic E-state index is 12.5. The maximum Gasteiger partial charge on any atom is 0.349 e. The normalized spacial score (nSPS) is 22.4. The molecule has 1 N–H and O–H groups in total. The van der Waals surface area contributed by atoms with Gasteiger partial charge in [-0.1, -0.05) is 20.4 Å². The number of aliphatic hydroxyl groups is 1. The summed E-state index contributed by atoms with van der Waals surface area (Å²) >= 11 is 0. The summed E-state index contributed by atoms with van der Waals surface area (Å²) in [6, 6.07) is 4.03. The zero-order valence-corrected chi connectivity index (χ0v) is 16.7. The Morgan fingerprint density at radius 1 is 1.31 bits per heavy atom. The third-order valence-electron chi connectivity index (χ3n) is 4.89. The van der Waals surface area contributed by atoms with Crippen molar-refractivity contribution < 1.29 is 24.2 Å². The fraction of sp³-hybridized carbons (Fsp3) is 0.524. The van der Waals surface area contributed by atoms with E-state index in [2.05, 4.69) is 12.6 Å². The number of nitriles is 2. The Morgan fingerprint density at radius 3 is 2.55 bits per heavy atom. The molecule has 1 unspecified atom stereocenters. The molecule has 1 heterocycles. The van der Waals surface area contributed by atoms with Crippen molar-refractivity contribution in [2.75, 3.05) is 26.3 Å². The van der Waals surface area contributed by atoms with Crippen molar-refractivity contribution in [1.29, 1.82) is 10.5 Å².